The number of carbonyl (C=O) groups excluding carboxylic acids is 1. The van der Waals surface area contributed by atoms with Gasteiger partial charge in [0, 0.05) is 55.2 Å². The van der Waals surface area contributed by atoms with Gasteiger partial charge in [0.15, 0.2) is 0 Å². The van der Waals surface area contributed by atoms with Crippen LogP contribution in [0.3, 0.4) is 0 Å². The number of likely N-dealkylation sites (N-methyl/N-ethyl adjacent to an activating group) is 1. The number of nitrogens with one attached hydrogen (secondary N) is 1. The Morgan fingerprint density at radius 2 is 2.04 bits per heavy atom. The van der Waals surface area contributed by atoms with E-state index in [4.69, 9.17) is 0 Å². The van der Waals surface area contributed by atoms with Crippen molar-refractivity contribution in [3.05, 3.63) is 76.7 Å². The third-order valence-corrected chi connectivity index (χ3v) is 4.14. The number of nitriles is 1. The molecule has 0 aliphatic heterocycles. The number of anilines is 1. The van der Waals surface area contributed by atoms with Crippen LogP contribution in [0.2, 0.25) is 0 Å². The van der Waals surface area contributed by atoms with Crippen molar-refractivity contribution in [3.63, 3.8) is 0 Å². The van der Waals surface area contributed by atoms with Crippen LogP contribution in [0.25, 0.3) is 0 Å². The second kappa shape index (κ2) is 9.85. The summed E-state index contributed by atoms with van der Waals surface area (Å²) in [6.45, 7) is 4.20. The monoisotopic (exact) mass is 373 g/mol. The van der Waals surface area contributed by atoms with Crippen molar-refractivity contribution < 1.29 is 9.90 Å². The Labute approximate surface area is 166 Å². The second-order valence-electron chi connectivity index (χ2n) is 6.22. The summed E-state index contributed by atoms with van der Waals surface area (Å²) in [5.41, 5.74) is 3.46. The smallest absolute Gasteiger partial charge is 0.221 e. The van der Waals surface area contributed by atoms with E-state index in [9.17, 15) is 15.2 Å². The van der Waals surface area contributed by atoms with Crippen molar-refractivity contribution >= 4 is 11.6 Å². The number of rotatable bonds is 4. The van der Waals surface area contributed by atoms with E-state index >= 15 is 0 Å². The highest BCUT2D eigenvalue weighted by molar-refractivity contribution is 5.88. The summed E-state index contributed by atoms with van der Waals surface area (Å²) >= 11 is 0. The van der Waals surface area contributed by atoms with Gasteiger partial charge in [0.2, 0.25) is 5.91 Å². The van der Waals surface area contributed by atoms with E-state index in [-0.39, 0.29) is 11.7 Å². The number of nitrogens with zero attached hydrogens (tertiary/aromatic N) is 2. The van der Waals surface area contributed by atoms with Crippen molar-refractivity contribution in [1.29, 1.82) is 5.26 Å². The standard InChI is InChI=1S/C23H23N3O2/c1-4-26(3)23-15-21(28)9-6-10-22(23)19(16-24)8-5-7-18-11-13-20(14-12-18)25-17(2)27/h8-15,28H,4,6H2,1-3H3,(H,25,27)/b19-8+. The normalized spacial score (nSPS) is 13.6. The van der Waals surface area contributed by atoms with Crippen LogP contribution in [0.4, 0.5) is 5.69 Å². The third-order valence-electron chi connectivity index (χ3n) is 4.14. The number of allylic oxidation sites excluding steroid dienone is 5. The number of amides is 1. The first-order valence-electron chi connectivity index (χ1n) is 8.97. The lowest BCUT2D eigenvalue weighted by Gasteiger charge is -2.22. The van der Waals surface area contributed by atoms with Crippen molar-refractivity contribution in [2.75, 3.05) is 18.9 Å². The molecular formula is C23H23N3O2. The highest BCUT2D eigenvalue weighted by Gasteiger charge is 2.16. The maximum Gasteiger partial charge on any atom is 0.221 e. The minimum atomic E-state index is -0.126. The van der Waals surface area contributed by atoms with E-state index in [1.54, 1.807) is 42.5 Å². The summed E-state index contributed by atoms with van der Waals surface area (Å²) in [5, 5.41) is 22.3. The highest BCUT2D eigenvalue weighted by atomic mass is 16.3. The van der Waals surface area contributed by atoms with Crippen LogP contribution in [0.5, 0.6) is 0 Å². The van der Waals surface area contributed by atoms with E-state index in [0.29, 0.717) is 17.7 Å². The quantitative estimate of drug-likeness (QED) is 0.616. The lowest BCUT2D eigenvalue weighted by Crippen LogP contribution is -2.19. The highest BCUT2D eigenvalue weighted by Crippen LogP contribution is 2.26. The van der Waals surface area contributed by atoms with E-state index in [0.717, 1.165) is 23.4 Å². The molecule has 1 aliphatic rings. The van der Waals surface area contributed by atoms with Crippen molar-refractivity contribution in [3.8, 4) is 17.9 Å². The number of aliphatic hydroxyl groups is 1. The molecule has 1 aliphatic carbocycles. The summed E-state index contributed by atoms with van der Waals surface area (Å²) in [4.78, 5) is 13.0. The molecule has 1 aromatic rings. The molecule has 0 atom stereocenters. The molecule has 5 nitrogen and oxygen atoms in total. The van der Waals surface area contributed by atoms with Gasteiger partial charge in [-0.15, -0.1) is 0 Å². The molecular weight excluding hydrogens is 350 g/mol. The first kappa shape index (κ1) is 20.6. The Morgan fingerprint density at radius 1 is 1.32 bits per heavy atom. The predicted molar refractivity (Wildman–Crippen MR) is 111 cm³/mol. The molecule has 0 bridgehead atoms. The first-order valence-corrected chi connectivity index (χ1v) is 8.97. The SMILES string of the molecule is CCN(C)C1=CC(O)=CCC=C1/C(C#N)=C/C#Cc1ccc(NC(C)=O)cc1. The van der Waals surface area contributed by atoms with Gasteiger partial charge in [-0.25, -0.2) is 0 Å². The largest absolute Gasteiger partial charge is 0.508 e. The number of hydrogen-bond acceptors (Lipinski definition) is 4. The Hall–Kier alpha value is -3.70. The minimum absolute atomic E-state index is 0.126. The Kier molecular flexibility index (Phi) is 7.25. The van der Waals surface area contributed by atoms with Gasteiger partial charge < -0.3 is 15.3 Å². The summed E-state index contributed by atoms with van der Waals surface area (Å²) in [5.74, 6) is 5.99. The molecule has 0 heterocycles. The number of carbonyl (C=O) groups is 1. The van der Waals surface area contributed by atoms with Crippen LogP contribution in [-0.4, -0.2) is 29.5 Å². The number of aliphatic hydroxyl groups excluding tert-OH is 1. The maximum absolute atomic E-state index is 11.1. The van der Waals surface area contributed by atoms with Gasteiger partial charge in [-0.3, -0.25) is 4.79 Å². The van der Waals surface area contributed by atoms with Crippen LogP contribution >= 0.6 is 0 Å². The molecule has 142 valence electrons. The van der Waals surface area contributed by atoms with Crippen LogP contribution in [0, 0.1) is 23.2 Å². The molecule has 0 radical (unpaired) electrons. The maximum atomic E-state index is 11.1. The van der Waals surface area contributed by atoms with Gasteiger partial charge in [-0.2, -0.15) is 5.26 Å². The molecule has 0 fully saturated rings. The fourth-order valence-corrected chi connectivity index (χ4v) is 2.61. The average Bonchev–Trinajstić information content (AvgIpc) is 2.87. The molecule has 0 saturated carbocycles. The first-order chi connectivity index (χ1) is 13.4. The number of benzene rings is 1. The third kappa shape index (κ3) is 5.65. The zero-order valence-corrected chi connectivity index (χ0v) is 16.3. The van der Waals surface area contributed by atoms with Gasteiger partial charge >= 0.3 is 0 Å². The Bertz CT molecular complexity index is 962. The summed E-state index contributed by atoms with van der Waals surface area (Å²) in [6, 6.07) is 9.38. The van der Waals surface area contributed by atoms with Crippen molar-refractivity contribution in [2.24, 2.45) is 0 Å². The molecule has 0 spiro atoms. The van der Waals surface area contributed by atoms with Crippen LogP contribution in [0.15, 0.2) is 71.2 Å². The van der Waals surface area contributed by atoms with E-state index in [1.165, 1.54) is 6.92 Å². The summed E-state index contributed by atoms with van der Waals surface area (Å²) in [7, 11) is 1.91. The molecule has 5 heteroatoms. The van der Waals surface area contributed by atoms with Gasteiger partial charge in [0.05, 0.1) is 5.57 Å². The van der Waals surface area contributed by atoms with E-state index < -0.39 is 0 Å². The fraction of sp³-hybridized carbons (Fsp3) is 0.217. The molecule has 0 unspecified atom stereocenters. The van der Waals surface area contributed by atoms with E-state index in [2.05, 4.69) is 23.2 Å². The van der Waals surface area contributed by atoms with Crippen LogP contribution in [-0.2, 0) is 4.79 Å². The fourth-order valence-electron chi connectivity index (χ4n) is 2.61. The Morgan fingerprint density at radius 3 is 2.64 bits per heavy atom. The summed E-state index contributed by atoms with van der Waals surface area (Å²) in [6.07, 6.45) is 7.42. The van der Waals surface area contributed by atoms with Gasteiger partial charge in [-0.05, 0) is 43.7 Å². The molecule has 0 saturated heterocycles. The summed E-state index contributed by atoms with van der Waals surface area (Å²) < 4.78 is 0. The van der Waals surface area contributed by atoms with Gasteiger partial charge in [-0.1, -0.05) is 17.9 Å². The predicted octanol–water partition coefficient (Wildman–Crippen LogP) is 4.05. The van der Waals surface area contributed by atoms with Crippen molar-refractivity contribution in [1.82, 2.24) is 4.90 Å². The van der Waals surface area contributed by atoms with Crippen molar-refractivity contribution in [2.45, 2.75) is 20.3 Å². The van der Waals surface area contributed by atoms with Gasteiger partial charge in [0.1, 0.15) is 11.8 Å². The lowest BCUT2D eigenvalue weighted by molar-refractivity contribution is -0.114. The van der Waals surface area contributed by atoms with Gasteiger partial charge in [0.25, 0.3) is 0 Å². The zero-order valence-electron chi connectivity index (χ0n) is 16.3. The molecule has 1 aromatic carbocycles. The molecule has 2 N–H and O–H groups in total. The molecule has 2 rings (SSSR count). The topological polar surface area (TPSA) is 76.4 Å². The molecule has 0 aromatic heterocycles. The van der Waals surface area contributed by atoms with Crippen LogP contribution in [0.1, 0.15) is 25.8 Å². The average molecular weight is 373 g/mol. The number of hydrogen-bond donors (Lipinski definition) is 2. The zero-order chi connectivity index (χ0) is 20.5. The molecule has 28 heavy (non-hydrogen) atoms. The minimum Gasteiger partial charge on any atom is -0.508 e. The lowest BCUT2D eigenvalue weighted by atomic mass is 10.0. The van der Waals surface area contributed by atoms with E-state index in [1.807, 2.05) is 24.9 Å². The Balaban J connectivity index is 2.28. The second-order valence-corrected chi connectivity index (χ2v) is 6.22. The molecule has 1 amide bonds. The van der Waals surface area contributed by atoms with Crippen LogP contribution < -0.4 is 5.32 Å².